The van der Waals surface area contributed by atoms with Gasteiger partial charge >= 0.3 is 0 Å². The Balaban J connectivity index is 2.29. The minimum absolute atomic E-state index is 0.00327. The van der Waals surface area contributed by atoms with E-state index in [9.17, 15) is 4.79 Å². The lowest BCUT2D eigenvalue weighted by molar-refractivity contribution is 0.0868. The molecule has 3 heteroatoms. The summed E-state index contributed by atoms with van der Waals surface area (Å²) < 4.78 is 5.29. The number of nitrogens with two attached hydrogens (primary N) is 1. The van der Waals surface area contributed by atoms with E-state index in [1.54, 1.807) is 7.11 Å². The highest BCUT2D eigenvalue weighted by atomic mass is 16.5. The van der Waals surface area contributed by atoms with Crippen molar-refractivity contribution in [3.63, 3.8) is 0 Å². The summed E-state index contributed by atoms with van der Waals surface area (Å²) in [7, 11) is 1.60. The summed E-state index contributed by atoms with van der Waals surface area (Å²) in [4.78, 5) is 12.6. The summed E-state index contributed by atoms with van der Waals surface area (Å²) in [5.74, 6) is 0.751. The largest absolute Gasteiger partial charge is 0.496 e. The Morgan fingerprint density at radius 3 is 2.72 bits per heavy atom. The van der Waals surface area contributed by atoms with Gasteiger partial charge in [-0.2, -0.15) is 0 Å². The van der Waals surface area contributed by atoms with Gasteiger partial charge in [0.15, 0.2) is 5.78 Å². The van der Waals surface area contributed by atoms with E-state index < -0.39 is 0 Å². The molecule has 0 aromatic heterocycles. The fourth-order valence-corrected chi connectivity index (χ4v) is 2.70. The Morgan fingerprint density at radius 1 is 1.33 bits per heavy atom. The van der Waals surface area contributed by atoms with Gasteiger partial charge in [-0.3, -0.25) is 4.79 Å². The van der Waals surface area contributed by atoms with E-state index in [4.69, 9.17) is 10.5 Å². The van der Waals surface area contributed by atoms with Gasteiger partial charge in [-0.25, -0.2) is 0 Å². The first-order valence-corrected chi connectivity index (χ1v) is 6.58. The zero-order valence-corrected chi connectivity index (χ0v) is 11.1. The van der Waals surface area contributed by atoms with Gasteiger partial charge in [-0.15, -0.1) is 0 Å². The van der Waals surface area contributed by atoms with Gasteiger partial charge in [-0.1, -0.05) is 24.5 Å². The average molecular weight is 247 g/mol. The van der Waals surface area contributed by atoms with Crippen LogP contribution in [0.15, 0.2) is 18.2 Å². The smallest absolute Gasteiger partial charge is 0.171 e. The van der Waals surface area contributed by atoms with Crippen LogP contribution < -0.4 is 10.5 Å². The highest BCUT2D eigenvalue weighted by Gasteiger charge is 2.30. The van der Waals surface area contributed by atoms with Crippen LogP contribution in [0, 0.1) is 12.8 Å². The van der Waals surface area contributed by atoms with Crippen LogP contribution in [0.5, 0.6) is 5.75 Å². The number of methoxy groups -OCH3 is 1. The molecule has 1 saturated carbocycles. The van der Waals surface area contributed by atoms with E-state index in [1.807, 2.05) is 25.1 Å². The fraction of sp³-hybridized carbons (Fsp3) is 0.533. The summed E-state index contributed by atoms with van der Waals surface area (Å²) in [6.07, 6.45) is 4.08. The Morgan fingerprint density at radius 2 is 2.06 bits per heavy atom. The summed E-state index contributed by atoms with van der Waals surface area (Å²) in [6, 6.07) is 5.71. The number of aryl methyl sites for hydroxylation is 1. The first-order valence-electron chi connectivity index (χ1n) is 6.58. The average Bonchev–Trinajstić information content (AvgIpc) is 2.38. The molecular weight excluding hydrogens is 226 g/mol. The number of Topliss-reactive ketones (excluding diaryl/α,β-unsaturated/α-hetero) is 1. The molecule has 98 valence electrons. The maximum atomic E-state index is 12.6. The number of ether oxygens (including phenoxy) is 1. The first kappa shape index (κ1) is 13.1. The lowest BCUT2D eigenvalue weighted by Gasteiger charge is -2.27. The van der Waals surface area contributed by atoms with Crippen LogP contribution in [0.1, 0.15) is 41.6 Å². The monoisotopic (exact) mass is 247 g/mol. The topological polar surface area (TPSA) is 52.3 Å². The summed E-state index contributed by atoms with van der Waals surface area (Å²) in [5.41, 5.74) is 7.84. The standard InChI is InChI=1S/C15H21NO2/c1-10-7-8-14(18-2)12(9-10)15(17)11-5-3-4-6-13(11)16/h7-9,11,13H,3-6,16H2,1-2H3. The molecule has 1 aromatic carbocycles. The van der Waals surface area contributed by atoms with Crippen LogP contribution in [0.2, 0.25) is 0 Å². The predicted molar refractivity (Wildman–Crippen MR) is 72.0 cm³/mol. The quantitative estimate of drug-likeness (QED) is 0.835. The van der Waals surface area contributed by atoms with Gasteiger partial charge in [-0.05, 0) is 31.9 Å². The molecule has 0 radical (unpaired) electrons. The van der Waals surface area contributed by atoms with Gasteiger partial charge in [0.25, 0.3) is 0 Å². The van der Waals surface area contributed by atoms with Gasteiger partial charge in [0.2, 0.25) is 0 Å². The first-order chi connectivity index (χ1) is 8.63. The molecule has 0 heterocycles. The number of benzene rings is 1. The van der Waals surface area contributed by atoms with Crippen LogP contribution >= 0.6 is 0 Å². The zero-order chi connectivity index (χ0) is 13.1. The lowest BCUT2D eigenvalue weighted by atomic mass is 9.80. The molecule has 1 aromatic rings. The van der Waals surface area contributed by atoms with E-state index in [0.717, 1.165) is 31.2 Å². The minimum atomic E-state index is -0.0468. The normalized spacial score (nSPS) is 23.7. The van der Waals surface area contributed by atoms with Crippen molar-refractivity contribution in [1.29, 1.82) is 0 Å². The van der Waals surface area contributed by atoms with Crippen LogP contribution in [-0.4, -0.2) is 18.9 Å². The second kappa shape index (κ2) is 5.53. The predicted octanol–water partition coefficient (Wildman–Crippen LogP) is 2.70. The molecule has 2 atom stereocenters. The Labute approximate surface area is 108 Å². The van der Waals surface area contributed by atoms with Crippen molar-refractivity contribution < 1.29 is 9.53 Å². The molecule has 18 heavy (non-hydrogen) atoms. The van der Waals surface area contributed by atoms with Crippen molar-refractivity contribution in [1.82, 2.24) is 0 Å². The molecule has 2 rings (SSSR count). The molecule has 0 spiro atoms. The van der Waals surface area contributed by atoms with Gasteiger partial charge < -0.3 is 10.5 Å². The molecule has 0 bridgehead atoms. The third-order valence-electron chi connectivity index (χ3n) is 3.78. The molecule has 1 fully saturated rings. The molecular formula is C15H21NO2. The molecule has 0 aliphatic heterocycles. The van der Waals surface area contributed by atoms with Crippen LogP contribution in [-0.2, 0) is 0 Å². The second-order valence-electron chi connectivity index (χ2n) is 5.12. The molecule has 0 amide bonds. The summed E-state index contributed by atoms with van der Waals surface area (Å²) >= 11 is 0. The van der Waals surface area contributed by atoms with Crippen molar-refractivity contribution in [3.05, 3.63) is 29.3 Å². The Kier molecular flexibility index (Phi) is 4.02. The second-order valence-corrected chi connectivity index (χ2v) is 5.12. The SMILES string of the molecule is COc1ccc(C)cc1C(=O)C1CCCCC1N. The van der Waals surface area contributed by atoms with Crippen molar-refractivity contribution in [2.75, 3.05) is 7.11 Å². The number of hydrogen-bond acceptors (Lipinski definition) is 3. The molecule has 0 saturated heterocycles. The van der Waals surface area contributed by atoms with Crippen molar-refractivity contribution in [3.8, 4) is 5.75 Å². The van der Waals surface area contributed by atoms with E-state index >= 15 is 0 Å². The number of rotatable bonds is 3. The molecule has 1 aliphatic carbocycles. The van der Waals surface area contributed by atoms with Crippen LogP contribution in [0.3, 0.4) is 0 Å². The van der Waals surface area contributed by atoms with Crippen molar-refractivity contribution >= 4 is 5.78 Å². The van der Waals surface area contributed by atoms with Gasteiger partial charge in [0.05, 0.1) is 12.7 Å². The molecule has 2 N–H and O–H groups in total. The minimum Gasteiger partial charge on any atom is -0.496 e. The summed E-state index contributed by atoms with van der Waals surface area (Å²) in [6.45, 7) is 1.98. The lowest BCUT2D eigenvalue weighted by Crippen LogP contribution is -2.38. The number of hydrogen-bond donors (Lipinski definition) is 1. The number of ketones is 1. The van der Waals surface area contributed by atoms with Gasteiger partial charge in [0.1, 0.15) is 5.75 Å². The third kappa shape index (κ3) is 2.56. The number of carbonyl (C=O) groups excluding carboxylic acids is 1. The molecule has 1 aliphatic rings. The third-order valence-corrected chi connectivity index (χ3v) is 3.78. The Hall–Kier alpha value is -1.35. The number of carbonyl (C=O) groups is 1. The maximum absolute atomic E-state index is 12.6. The highest BCUT2D eigenvalue weighted by molar-refractivity contribution is 6.01. The van der Waals surface area contributed by atoms with E-state index in [0.29, 0.717) is 11.3 Å². The van der Waals surface area contributed by atoms with Crippen LogP contribution in [0.25, 0.3) is 0 Å². The Bertz CT molecular complexity index is 442. The zero-order valence-electron chi connectivity index (χ0n) is 11.1. The maximum Gasteiger partial charge on any atom is 0.171 e. The molecule has 3 nitrogen and oxygen atoms in total. The van der Waals surface area contributed by atoms with E-state index in [-0.39, 0.29) is 17.7 Å². The molecule has 2 unspecified atom stereocenters. The summed E-state index contributed by atoms with van der Waals surface area (Å²) in [5, 5.41) is 0. The van der Waals surface area contributed by atoms with E-state index in [2.05, 4.69) is 0 Å². The van der Waals surface area contributed by atoms with E-state index in [1.165, 1.54) is 0 Å². The van der Waals surface area contributed by atoms with Crippen LogP contribution in [0.4, 0.5) is 0 Å². The van der Waals surface area contributed by atoms with Crippen molar-refractivity contribution in [2.45, 2.75) is 38.6 Å². The van der Waals surface area contributed by atoms with Gasteiger partial charge in [0, 0.05) is 12.0 Å². The highest BCUT2D eigenvalue weighted by Crippen LogP contribution is 2.30. The van der Waals surface area contributed by atoms with Crippen molar-refractivity contribution in [2.24, 2.45) is 11.7 Å². The fourth-order valence-electron chi connectivity index (χ4n) is 2.70.